The molecule has 0 amide bonds. The van der Waals surface area contributed by atoms with E-state index in [-0.39, 0.29) is 0 Å². The zero-order valence-corrected chi connectivity index (χ0v) is 11.2. The monoisotopic (exact) mass is 186 g/mol. The highest BCUT2D eigenvalue weighted by molar-refractivity contribution is 6.83. The van der Waals surface area contributed by atoms with E-state index in [1.807, 2.05) is 0 Å². The zero-order valence-electron chi connectivity index (χ0n) is 10.2. The minimum absolute atomic E-state index is 0.528. The standard InChI is InChI=1S/C11H26Si/c1-9-12(8,10(2,3)4)11(5,6)7/h9H2,1-8H3. The SMILES string of the molecule is CC[Si](C)(C(C)(C)C)C(C)(C)C. The molecular weight excluding hydrogens is 160 g/mol. The molecule has 12 heavy (non-hydrogen) atoms. The molecule has 1 heteroatoms. The Labute approximate surface area is 79.8 Å². The highest BCUT2D eigenvalue weighted by atomic mass is 28.3. The predicted molar refractivity (Wildman–Crippen MR) is 61.5 cm³/mol. The largest absolute Gasteiger partial charge is 0.0684 e. The van der Waals surface area contributed by atoms with Gasteiger partial charge in [0.15, 0.2) is 0 Å². The second-order valence-corrected chi connectivity index (χ2v) is 12.6. The maximum atomic E-state index is 2.55. The third-order valence-corrected chi connectivity index (χ3v) is 12.1. The summed E-state index contributed by atoms with van der Waals surface area (Å²) in [7, 11) is -1.13. The summed E-state index contributed by atoms with van der Waals surface area (Å²) in [4.78, 5) is 0. The minimum Gasteiger partial charge on any atom is -0.0684 e. The van der Waals surface area contributed by atoms with Crippen molar-refractivity contribution in [3.8, 4) is 0 Å². The summed E-state index contributed by atoms with van der Waals surface area (Å²) in [6, 6.07) is 1.39. The van der Waals surface area contributed by atoms with Gasteiger partial charge >= 0.3 is 0 Å². The lowest BCUT2D eigenvalue weighted by molar-refractivity contribution is 0.612. The van der Waals surface area contributed by atoms with E-state index in [0.29, 0.717) is 10.1 Å². The molecule has 0 aromatic heterocycles. The molecule has 0 unspecified atom stereocenters. The fourth-order valence-corrected chi connectivity index (χ4v) is 6.56. The van der Waals surface area contributed by atoms with Crippen molar-refractivity contribution in [1.82, 2.24) is 0 Å². The van der Waals surface area contributed by atoms with Gasteiger partial charge in [0.25, 0.3) is 0 Å². The van der Waals surface area contributed by atoms with E-state index >= 15 is 0 Å². The molecule has 0 saturated carbocycles. The van der Waals surface area contributed by atoms with E-state index in [1.165, 1.54) is 6.04 Å². The summed E-state index contributed by atoms with van der Waals surface area (Å²) in [6.45, 7) is 19.4. The van der Waals surface area contributed by atoms with Crippen molar-refractivity contribution >= 4 is 8.07 Å². The molecule has 0 aliphatic carbocycles. The van der Waals surface area contributed by atoms with Crippen molar-refractivity contribution in [1.29, 1.82) is 0 Å². The van der Waals surface area contributed by atoms with Crippen LogP contribution in [0.4, 0.5) is 0 Å². The van der Waals surface area contributed by atoms with Crippen LogP contribution in [0.25, 0.3) is 0 Å². The van der Waals surface area contributed by atoms with Crippen LogP contribution in [-0.2, 0) is 0 Å². The van der Waals surface area contributed by atoms with E-state index in [0.717, 1.165) is 0 Å². The Morgan fingerprint density at radius 1 is 0.833 bits per heavy atom. The Kier molecular flexibility index (Phi) is 3.23. The van der Waals surface area contributed by atoms with E-state index in [4.69, 9.17) is 0 Å². The fourth-order valence-electron chi connectivity index (χ4n) is 2.19. The predicted octanol–water partition coefficient (Wildman–Crippen LogP) is 4.69. The molecule has 0 radical (unpaired) electrons. The van der Waals surface area contributed by atoms with Crippen molar-refractivity contribution < 1.29 is 0 Å². The van der Waals surface area contributed by atoms with Crippen LogP contribution in [0.5, 0.6) is 0 Å². The first-order valence-corrected chi connectivity index (χ1v) is 7.77. The molecule has 0 aliphatic rings. The van der Waals surface area contributed by atoms with E-state index < -0.39 is 8.07 Å². The Morgan fingerprint density at radius 3 is 1.08 bits per heavy atom. The summed E-state index contributed by atoms with van der Waals surface area (Å²) < 4.78 is 0. The average molecular weight is 186 g/mol. The fraction of sp³-hybridized carbons (Fsp3) is 1.00. The quantitative estimate of drug-likeness (QED) is 0.521. The number of rotatable bonds is 1. The molecule has 0 saturated heterocycles. The minimum atomic E-state index is -1.13. The number of hydrogen-bond acceptors (Lipinski definition) is 0. The van der Waals surface area contributed by atoms with E-state index in [1.54, 1.807) is 0 Å². The van der Waals surface area contributed by atoms with Gasteiger partial charge in [-0.3, -0.25) is 0 Å². The van der Waals surface area contributed by atoms with Gasteiger partial charge < -0.3 is 0 Å². The molecule has 0 bridgehead atoms. The molecule has 0 heterocycles. The molecule has 74 valence electrons. The van der Waals surface area contributed by atoms with Gasteiger partial charge in [0.2, 0.25) is 0 Å². The van der Waals surface area contributed by atoms with Gasteiger partial charge in [-0.1, -0.05) is 61.1 Å². The van der Waals surface area contributed by atoms with E-state index in [9.17, 15) is 0 Å². The smallest absolute Gasteiger partial charge is 0.0610 e. The Balaban J connectivity index is 4.95. The Bertz CT molecular complexity index is 131. The van der Waals surface area contributed by atoms with Gasteiger partial charge in [-0.15, -0.1) is 0 Å². The van der Waals surface area contributed by atoms with Gasteiger partial charge in [0.05, 0.1) is 8.07 Å². The second kappa shape index (κ2) is 3.17. The highest BCUT2D eigenvalue weighted by Crippen LogP contribution is 2.52. The van der Waals surface area contributed by atoms with Crippen LogP contribution in [0.2, 0.25) is 22.7 Å². The van der Waals surface area contributed by atoms with Crippen molar-refractivity contribution in [3.63, 3.8) is 0 Å². The van der Waals surface area contributed by atoms with Gasteiger partial charge in [-0.05, 0) is 10.1 Å². The van der Waals surface area contributed by atoms with Crippen molar-refractivity contribution in [2.24, 2.45) is 0 Å². The summed E-state index contributed by atoms with van der Waals surface area (Å²) in [5, 5.41) is 1.06. The van der Waals surface area contributed by atoms with Crippen LogP contribution < -0.4 is 0 Å². The molecular formula is C11H26Si. The molecule has 0 aromatic carbocycles. The maximum Gasteiger partial charge on any atom is 0.0610 e. The summed E-state index contributed by atoms with van der Waals surface area (Å²) in [5.41, 5.74) is 0. The van der Waals surface area contributed by atoms with Crippen LogP contribution in [0.15, 0.2) is 0 Å². The van der Waals surface area contributed by atoms with Crippen molar-refractivity contribution in [2.45, 2.75) is 71.1 Å². The molecule has 0 spiro atoms. The second-order valence-electron chi connectivity index (χ2n) is 6.19. The third-order valence-electron chi connectivity index (χ3n) is 4.02. The average Bonchev–Trinajstić information content (AvgIpc) is 1.81. The van der Waals surface area contributed by atoms with E-state index in [2.05, 4.69) is 55.0 Å². The lowest BCUT2D eigenvalue weighted by Gasteiger charge is -2.49. The van der Waals surface area contributed by atoms with Gasteiger partial charge in [-0.25, -0.2) is 0 Å². The van der Waals surface area contributed by atoms with Crippen molar-refractivity contribution in [2.75, 3.05) is 0 Å². The van der Waals surface area contributed by atoms with Crippen LogP contribution in [0.1, 0.15) is 48.5 Å². The first kappa shape index (κ1) is 12.2. The van der Waals surface area contributed by atoms with Gasteiger partial charge in [-0.2, -0.15) is 0 Å². The third kappa shape index (κ3) is 1.93. The molecule has 0 aliphatic heterocycles. The molecule has 0 atom stereocenters. The summed E-state index contributed by atoms with van der Waals surface area (Å²) in [5.74, 6) is 0. The Hall–Kier alpha value is 0.217. The maximum absolute atomic E-state index is 2.55. The lowest BCUT2D eigenvalue weighted by atomic mass is 10.2. The molecule has 0 N–H and O–H groups in total. The van der Waals surface area contributed by atoms with Crippen LogP contribution >= 0.6 is 0 Å². The molecule has 0 aromatic rings. The number of hydrogen-bond donors (Lipinski definition) is 0. The van der Waals surface area contributed by atoms with Crippen LogP contribution in [-0.4, -0.2) is 8.07 Å². The van der Waals surface area contributed by atoms with Gasteiger partial charge in [0, 0.05) is 0 Å². The molecule has 0 fully saturated rings. The van der Waals surface area contributed by atoms with Gasteiger partial charge in [0.1, 0.15) is 0 Å². The Morgan fingerprint density at radius 2 is 1.08 bits per heavy atom. The highest BCUT2D eigenvalue weighted by Gasteiger charge is 2.46. The van der Waals surface area contributed by atoms with Crippen molar-refractivity contribution in [3.05, 3.63) is 0 Å². The topological polar surface area (TPSA) is 0 Å². The normalized spacial score (nSPS) is 15.0. The summed E-state index contributed by atoms with van der Waals surface area (Å²) in [6.07, 6.45) is 0. The lowest BCUT2D eigenvalue weighted by Crippen LogP contribution is -2.48. The molecule has 0 nitrogen and oxygen atoms in total. The summed E-state index contributed by atoms with van der Waals surface area (Å²) >= 11 is 0. The zero-order chi connectivity index (χ0) is 10.2. The first-order valence-electron chi connectivity index (χ1n) is 5.06. The molecule has 0 rings (SSSR count). The van der Waals surface area contributed by atoms with Crippen LogP contribution in [0.3, 0.4) is 0 Å². The van der Waals surface area contributed by atoms with Crippen LogP contribution in [0, 0.1) is 0 Å². The first-order chi connectivity index (χ1) is 5.06.